The first-order valence-corrected chi connectivity index (χ1v) is 17.1. The van der Waals surface area contributed by atoms with Crippen LogP contribution in [0.1, 0.15) is 30.5 Å². The molecule has 242 valence electrons. The first-order valence-electron chi connectivity index (χ1n) is 14.9. The van der Waals surface area contributed by atoms with Crippen molar-refractivity contribution in [1.82, 2.24) is 10.2 Å². The van der Waals surface area contributed by atoms with Crippen LogP contribution in [0.15, 0.2) is 102 Å². The van der Waals surface area contributed by atoms with Crippen molar-refractivity contribution in [3.8, 4) is 5.75 Å². The molecule has 8 nitrogen and oxygen atoms in total. The Kier molecular flexibility index (Phi) is 12.1. The van der Waals surface area contributed by atoms with E-state index in [2.05, 4.69) is 5.32 Å². The molecule has 4 aromatic carbocycles. The van der Waals surface area contributed by atoms with Gasteiger partial charge >= 0.3 is 0 Å². The maximum absolute atomic E-state index is 14.5. The number of halogens is 2. The molecule has 0 aliphatic rings. The van der Waals surface area contributed by atoms with E-state index in [0.717, 1.165) is 15.4 Å². The molecule has 1 N–H and O–H groups in total. The van der Waals surface area contributed by atoms with Gasteiger partial charge in [-0.15, -0.1) is 0 Å². The van der Waals surface area contributed by atoms with Crippen molar-refractivity contribution in [1.29, 1.82) is 0 Å². The van der Waals surface area contributed by atoms with E-state index in [4.69, 9.17) is 27.9 Å². The van der Waals surface area contributed by atoms with Gasteiger partial charge in [0.05, 0.1) is 27.2 Å². The van der Waals surface area contributed by atoms with Crippen LogP contribution in [0.5, 0.6) is 5.75 Å². The molecule has 0 unspecified atom stereocenters. The zero-order valence-corrected chi connectivity index (χ0v) is 28.3. The molecule has 4 rings (SSSR count). The second-order valence-corrected chi connectivity index (χ2v) is 13.3. The number of likely N-dealkylation sites (N-methyl/N-ethyl adjacent to an activating group) is 1. The zero-order valence-electron chi connectivity index (χ0n) is 26.0. The van der Waals surface area contributed by atoms with Gasteiger partial charge in [-0.05, 0) is 80.4 Å². The fraction of sp³-hybridized carbons (Fsp3) is 0.257. The highest BCUT2D eigenvalue weighted by atomic mass is 35.5. The molecule has 2 amide bonds. The molecule has 4 aromatic rings. The number of aryl methyl sites for hydroxylation is 1. The predicted octanol–water partition coefficient (Wildman–Crippen LogP) is 6.67. The van der Waals surface area contributed by atoms with Crippen LogP contribution in [0.25, 0.3) is 0 Å². The van der Waals surface area contributed by atoms with Crippen molar-refractivity contribution in [2.24, 2.45) is 0 Å². The lowest BCUT2D eigenvalue weighted by Crippen LogP contribution is -2.53. The largest absolute Gasteiger partial charge is 0.494 e. The molecular weight excluding hydrogens is 645 g/mol. The first kappa shape index (κ1) is 34.8. The van der Waals surface area contributed by atoms with Crippen LogP contribution < -0.4 is 14.4 Å². The average Bonchev–Trinajstić information content (AvgIpc) is 3.04. The predicted molar refractivity (Wildman–Crippen MR) is 183 cm³/mol. The zero-order chi connectivity index (χ0) is 33.3. The van der Waals surface area contributed by atoms with Crippen molar-refractivity contribution >= 4 is 50.7 Å². The van der Waals surface area contributed by atoms with E-state index in [1.54, 1.807) is 61.5 Å². The molecule has 0 heterocycles. The summed E-state index contributed by atoms with van der Waals surface area (Å²) in [4.78, 5) is 29.5. The Morgan fingerprint density at radius 1 is 0.848 bits per heavy atom. The standard InChI is InChI=1S/C35H37Cl2N3O5S/c1-4-38-35(42)33(22-26-9-7-6-8-10-26)39(23-27-13-20-31(36)32(37)21-27)34(41)24-40(28-14-16-29(17-15-28)45-5-2)46(43,44)30-18-11-25(3)12-19-30/h6-21,33H,4-5,22-24H2,1-3H3,(H,38,42)/t33-/m1/s1. The molecule has 0 fully saturated rings. The van der Waals surface area contributed by atoms with E-state index in [0.29, 0.717) is 34.5 Å². The number of rotatable bonds is 14. The third kappa shape index (κ3) is 8.81. The van der Waals surface area contributed by atoms with Gasteiger partial charge in [-0.1, -0.05) is 77.3 Å². The van der Waals surface area contributed by atoms with Crippen LogP contribution in [0.3, 0.4) is 0 Å². The second-order valence-electron chi connectivity index (χ2n) is 10.6. The van der Waals surface area contributed by atoms with Crippen molar-refractivity contribution in [3.05, 3.63) is 124 Å². The van der Waals surface area contributed by atoms with Crippen LogP contribution in [0.4, 0.5) is 5.69 Å². The topological polar surface area (TPSA) is 96.0 Å². The average molecular weight is 683 g/mol. The van der Waals surface area contributed by atoms with Gasteiger partial charge in [0.2, 0.25) is 11.8 Å². The number of hydrogen-bond donors (Lipinski definition) is 1. The number of anilines is 1. The highest BCUT2D eigenvalue weighted by Crippen LogP contribution is 2.28. The molecule has 0 bridgehead atoms. The molecule has 11 heteroatoms. The molecule has 0 aromatic heterocycles. The number of nitrogens with one attached hydrogen (secondary N) is 1. The minimum Gasteiger partial charge on any atom is -0.494 e. The van der Waals surface area contributed by atoms with Gasteiger partial charge in [-0.25, -0.2) is 8.42 Å². The number of carbonyl (C=O) groups excluding carboxylic acids is 2. The Hall–Kier alpha value is -4.05. The van der Waals surface area contributed by atoms with Crippen molar-refractivity contribution < 1.29 is 22.7 Å². The van der Waals surface area contributed by atoms with E-state index in [9.17, 15) is 18.0 Å². The van der Waals surface area contributed by atoms with Crippen LogP contribution in [-0.2, 0) is 32.6 Å². The molecular formula is C35H37Cl2N3O5S. The Balaban J connectivity index is 1.80. The summed E-state index contributed by atoms with van der Waals surface area (Å²) in [6.45, 7) is 5.70. The van der Waals surface area contributed by atoms with Gasteiger partial charge < -0.3 is 15.0 Å². The summed E-state index contributed by atoms with van der Waals surface area (Å²) in [5.41, 5.74) is 2.62. The summed E-state index contributed by atoms with van der Waals surface area (Å²) in [6, 6.07) is 26.3. The van der Waals surface area contributed by atoms with Crippen molar-refractivity contribution in [2.45, 2.75) is 44.7 Å². The Morgan fingerprint density at radius 3 is 2.13 bits per heavy atom. The van der Waals surface area contributed by atoms with Gasteiger partial charge in [0.25, 0.3) is 10.0 Å². The molecule has 0 spiro atoms. The number of carbonyl (C=O) groups is 2. The summed E-state index contributed by atoms with van der Waals surface area (Å²) in [7, 11) is -4.22. The lowest BCUT2D eigenvalue weighted by molar-refractivity contribution is -0.140. The van der Waals surface area contributed by atoms with E-state index in [-0.39, 0.29) is 29.5 Å². The second kappa shape index (κ2) is 16.0. The molecule has 46 heavy (non-hydrogen) atoms. The third-order valence-electron chi connectivity index (χ3n) is 7.28. The summed E-state index contributed by atoms with van der Waals surface area (Å²) >= 11 is 12.5. The lowest BCUT2D eigenvalue weighted by atomic mass is 10.0. The van der Waals surface area contributed by atoms with Crippen LogP contribution in [0.2, 0.25) is 10.0 Å². The number of hydrogen-bond acceptors (Lipinski definition) is 5. The molecule has 0 aliphatic heterocycles. The number of benzene rings is 4. The first-order chi connectivity index (χ1) is 22.0. The maximum atomic E-state index is 14.5. The Morgan fingerprint density at radius 2 is 1.52 bits per heavy atom. The third-order valence-corrected chi connectivity index (χ3v) is 9.81. The highest BCUT2D eigenvalue weighted by molar-refractivity contribution is 7.92. The number of nitrogens with zero attached hydrogens (tertiary/aromatic N) is 2. The quantitative estimate of drug-likeness (QED) is 0.160. The normalized spacial score (nSPS) is 11.8. The van der Waals surface area contributed by atoms with E-state index in [1.165, 1.54) is 17.0 Å². The van der Waals surface area contributed by atoms with Crippen LogP contribution >= 0.6 is 23.2 Å². The Labute approximate surface area is 280 Å². The molecule has 0 saturated heterocycles. The molecule has 1 atom stereocenters. The van der Waals surface area contributed by atoms with Gasteiger partial charge in [-0.3, -0.25) is 13.9 Å². The molecule has 0 radical (unpaired) electrons. The number of ether oxygens (including phenoxy) is 1. The minimum atomic E-state index is -4.22. The monoisotopic (exact) mass is 681 g/mol. The summed E-state index contributed by atoms with van der Waals surface area (Å²) < 4.78 is 34.9. The van der Waals surface area contributed by atoms with Gasteiger partial charge in [0.1, 0.15) is 18.3 Å². The van der Waals surface area contributed by atoms with Gasteiger partial charge in [-0.2, -0.15) is 0 Å². The maximum Gasteiger partial charge on any atom is 0.264 e. The van der Waals surface area contributed by atoms with Gasteiger partial charge in [0, 0.05) is 19.5 Å². The highest BCUT2D eigenvalue weighted by Gasteiger charge is 2.34. The van der Waals surface area contributed by atoms with Gasteiger partial charge in [0.15, 0.2) is 0 Å². The van der Waals surface area contributed by atoms with E-state index in [1.807, 2.05) is 44.2 Å². The molecule has 0 saturated carbocycles. The SMILES string of the molecule is CCNC(=O)[C@@H](Cc1ccccc1)N(Cc1ccc(Cl)c(Cl)c1)C(=O)CN(c1ccc(OCC)cc1)S(=O)(=O)c1ccc(C)cc1. The number of sulfonamides is 1. The van der Waals surface area contributed by atoms with Crippen LogP contribution in [-0.4, -0.2) is 50.9 Å². The fourth-order valence-corrected chi connectivity index (χ4v) is 6.66. The van der Waals surface area contributed by atoms with Crippen molar-refractivity contribution in [2.75, 3.05) is 24.0 Å². The Bertz CT molecular complexity index is 1730. The van der Waals surface area contributed by atoms with E-state index >= 15 is 0 Å². The minimum absolute atomic E-state index is 0.0218. The lowest BCUT2D eigenvalue weighted by Gasteiger charge is -2.34. The van der Waals surface area contributed by atoms with Crippen LogP contribution in [0, 0.1) is 6.92 Å². The smallest absolute Gasteiger partial charge is 0.264 e. The number of amides is 2. The van der Waals surface area contributed by atoms with E-state index < -0.39 is 28.5 Å². The summed E-state index contributed by atoms with van der Waals surface area (Å²) in [5, 5.41) is 3.49. The molecule has 0 aliphatic carbocycles. The fourth-order valence-electron chi connectivity index (χ4n) is 4.92. The summed E-state index contributed by atoms with van der Waals surface area (Å²) in [6.07, 6.45) is 0.202. The van der Waals surface area contributed by atoms with Crippen molar-refractivity contribution in [3.63, 3.8) is 0 Å². The summed E-state index contributed by atoms with van der Waals surface area (Å²) in [5.74, 6) is -0.387.